The first kappa shape index (κ1) is 17.9. The summed E-state index contributed by atoms with van der Waals surface area (Å²) >= 11 is 0. The molecule has 0 heterocycles. The fraction of sp³-hybridized carbons (Fsp3) is 0.350. The van der Waals surface area contributed by atoms with Crippen molar-refractivity contribution in [2.24, 2.45) is 0 Å². The molecule has 0 saturated heterocycles. The van der Waals surface area contributed by atoms with Crippen molar-refractivity contribution < 1.29 is 19.4 Å². The first-order valence-electron chi connectivity index (χ1n) is 7.84. The van der Waals surface area contributed by atoms with Crippen LogP contribution in [0.3, 0.4) is 0 Å². The zero-order valence-electron chi connectivity index (χ0n) is 14.8. The van der Waals surface area contributed by atoms with Crippen LogP contribution in [0.15, 0.2) is 36.4 Å². The molecule has 0 atom stereocenters. The molecule has 4 nitrogen and oxygen atoms in total. The lowest BCUT2D eigenvalue weighted by atomic mass is 9.73. The molecule has 0 aromatic heterocycles. The molecule has 4 heteroatoms. The fourth-order valence-corrected chi connectivity index (χ4v) is 3.12. The maximum Gasteiger partial charge on any atom is 0.304 e. The van der Waals surface area contributed by atoms with Crippen LogP contribution < -0.4 is 9.47 Å². The molecule has 0 spiro atoms. The third-order valence-electron chi connectivity index (χ3n) is 4.57. The Balaban J connectivity index is 2.59. The van der Waals surface area contributed by atoms with Crippen molar-refractivity contribution in [2.45, 2.75) is 32.6 Å². The Morgan fingerprint density at radius 3 is 1.67 bits per heavy atom. The lowest BCUT2D eigenvalue weighted by molar-refractivity contribution is -0.138. The van der Waals surface area contributed by atoms with E-state index in [9.17, 15) is 9.90 Å². The van der Waals surface area contributed by atoms with E-state index in [1.54, 1.807) is 14.2 Å². The van der Waals surface area contributed by atoms with Gasteiger partial charge in [-0.1, -0.05) is 31.2 Å². The molecule has 128 valence electrons. The van der Waals surface area contributed by atoms with Gasteiger partial charge in [0.25, 0.3) is 0 Å². The zero-order chi connectivity index (χ0) is 17.9. The highest BCUT2D eigenvalue weighted by Gasteiger charge is 2.32. The first-order valence-corrected chi connectivity index (χ1v) is 7.84. The van der Waals surface area contributed by atoms with Gasteiger partial charge in [-0.25, -0.2) is 0 Å². The standard InChI is InChI=1S/C20H24O4/c1-13-10-15(6-8-17(13)23-4)20(3,12-19(21)22)16-7-9-18(24-5)14(2)11-16/h6-11H,12H2,1-5H3,(H,21,22). The smallest absolute Gasteiger partial charge is 0.304 e. The summed E-state index contributed by atoms with van der Waals surface area (Å²) in [5.41, 5.74) is 3.23. The molecule has 2 aromatic rings. The zero-order valence-corrected chi connectivity index (χ0v) is 14.8. The normalized spacial score (nSPS) is 11.2. The van der Waals surface area contributed by atoms with E-state index in [4.69, 9.17) is 9.47 Å². The minimum atomic E-state index is -0.834. The number of carbonyl (C=O) groups is 1. The molecule has 0 unspecified atom stereocenters. The van der Waals surface area contributed by atoms with Crippen molar-refractivity contribution in [3.05, 3.63) is 58.7 Å². The Morgan fingerprint density at radius 1 is 0.958 bits per heavy atom. The molecule has 0 aliphatic carbocycles. The number of hydrogen-bond acceptors (Lipinski definition) is 3. The summed E-state index contributed by atoms with van der Waals surface area (Å²) in [4.78, 5) is 11.5. The lowest BCUT2D eigenvalue weighted by Gasteiger charge is -2.30. The number of benzene rings is 2. The highest BCUT2D eigenvalue weighted by Crippen LogP contribution is 2.38. The maximum absolute atomic E-state index is 11.5. The largest absolute Gasteiger partial charge is 0.496 e. The topological polar surface area (TPSA) is 55.8 Å². The molecule has 0 aliphatic heterocycles. The van der Waals surface area contributed by atoms with Gasteiger partial charge in [-0.3, -0.25) is 4.79 Å². The maximum atomic E-state index is 11.5. The van der Waals surface area contributed by atoms with Crippen molar-refractivity contribution >= 4 is 5.97 Å². The molecule has 0 saturated carbocycles. The molecule has 2 aromatic carbocycles. The summed E-state index contributed by atoms with van der Waals surface area (Å²) in [5, 5.41) is 9.46. The van der Waals surface area contributed by atoms with Crippen molar-refractivity contribution in [3.63, 3.8) is 0 Å². The number of hydrogen-bond donors (Lipinski definition) is 1. The number of aliphatic carboxylic acids is 1. The molecule has 24 heavy (non-hydrogen) atoms. The van der Waals surface area contributed by atoms with Crippen LogP contribution in [0.2, 0.25) is 0 Å². The van der Waals surface area contributed by atoms with Crippen LogP contribution in [0, 0.1) is 13.8 Å². The van der Waals surface area contributed by atoms with Crippen molar-refractivity contribution in [2.75, 3.05) is 14.2 Å². The third-order valence-corrected chi connectivity index (χ3v) is 4.57. The number of rotatable bonds is 6. The van der Waals surface area contributed by atoms with Crippen molar-refractivity contribution in [3.8, 4) is 11.5 Å². The first-order chi connectivity index (χ1) is 11.3. The van der Waals surface area contributed by atoms with E-state index in [0.29, 0.717) is 0 Å². The second-order valence-corrected chi connectivity index (χ2v) is 6.27. The second kappa shape index (κ2) is 6.95. The van der Waals surface area contributed by atoms with E-state index in [-0.39, 0.29) is 6.42 Å². The van der Waals surface area contributed by atoms with Crippen LogP contribution in [-0.4, -0.2) is 25.3 Å². The monoisotopic (exact) mass is 328 g/mol. The summed E-state index contributed by atoms with van der Waals surface area (Å²) in [6, 6.07) is 11.7. The average Bonchev–Trinajstić information content (AvgIpc) is 2.53. The van der Waals surface area contributed by atoms with Gasteiger partial charge < -0.3 is 14.6 Å². The van der Waals surface area contributed by atoms with Gasteiger partial charge in [0, 0.05) is 5.41 Å². The van der Waals surface area contributed by atoms with Gasteiger partial charge in [-0.2, -0.15) is 0 Å². The van der Waals surface area contributed by atoms with Gasteiger partial charge >= 0.3 is 5.97 Å². The number of aryl methyl sites for hydroxylation is 2. The Morgan fingerprint density at radius 2 is 1.38 bits per heavy atom. The average molecular weight is 328 g/mol. The quantitative estimate of drug-likeness (QED) is 0.867. The van der Waals surface area contributed by atoms with Crippen LogP contribution >= 0.6 is 0 Å². The number of carboxylic acid groups (broad SMARTS) is 1. The molecular weight excluding hydrogens is 304 g/mol. The SMILES string of the molecule is COc1ccc(C(C)(CC(=O)O)c2ccc(OC)c(C)c2)cc1C. The Bertz CT molecular complexity index is 696. The minimum absolute atomic E-state index is 0.00450. The predicted molar refractivity (Wildman–Crippen MR) is 94.2 cm³/mol. The van der Waals surface area contributed by atoms with Gasteiger partial charge in [0.1, 0.15) is 11.5 Å². The molecule has 0 fully saturated rings. The van der Waals surface area contributed by atoms with E-state index < -0.39 is 11.4 Å². The molecule has 1 N–H and O–H groups in total. The second-order valence-electron chi connectivity index (χ2n) is 6.27. The summed E-state index contributed by atoms with van der Waals surface area (Å²) in [5.74, 6) is 0.754. The van der Waals surface area contributed by atoms with Gasteiger partial charge in [-0.05, 0) is 48.2 Å². The van der Waals surface area contributed by atoms with E-state index in [2.05, 4.69) is 0 Å². The van der Waals surface area contributed by atoms with Crippen molar-refractivity contribution in [1.82, 2.24) is 0 Å². The van der Waals surface area contributed by atoms with Gasteiger partial charge in [0.15, 0.2) is 0 Å². The van der Waals surface area contributed by atoms with Crippen LogP contribution in [-0.2, 0) is 10.2 Å². The van der Waals surface area contributed by atoms with Gasteiger partial charge in [-0.15, -0.1) is 0 Å². The number of ether oxygens (including phenoxy) is 2. The van der Waals surface area contributed by atoms with Crippen LogP contribution in [0.1, 0.15) is 35.6 Å². The molecule has 0 bridgehead atoms. The Labute approximate surface area is 143 Å². The summed E-state index contributed by atoms with van der Waals surface area (Å²) < 4.78 is 10.6. The van der Waals surface area contributed by atoms with E-state index in [1.807, 2.05) is 57.2 Å². The van der Waals surface area contributed by atoms with Crippen molar-refractivity contribution in [1.29, 1.82) is 0 Å². The predicted octanol–water partition coefficient (Wildman–Crippen LogP) is 4.10. The Hall–Kier alpha value is -2.49. The highest BCUT2D eigenvalue weighted by atomic mass is 16.5. The van der Waals surface area contributed by atoms with Crippen LogP contribution in [0.5, 0.6) is 11.5 Å². The fourth-order valence-electron chi connectivity index (χ4n) is 3.12. The van der Waals surface area contributed by atoms with E-state index in [0.717, 1.165) is 33.8 Å². The summed E-state index contributed by atoms with van der Waals surface area (Å²) in [6.07, 6.45) is 0.00450. The Kier molecular flexibility index (Phi) is 5.17. The van der Waals surface area contributed by atoms with Gasteiger partial charge in [0.05, 0.1) is 20.6 Å². The lowest BCUT2D eigenvalue weighted by Crippen LogP contribution is -2.27. The molecule has 2 rings (SSSR count). The summed E-state index contributed by atoms with van der Waals surface area (Å²) in [6.45, 7) is 5.88. The highest BCUT2D eigenvalue weighted by molar-refractivity contribution is 5.70. The van der Waals surface area contributed by atoms with Crippen LogP contribution in [0.25, 0.3) is 0 Å². The summed E-state index contributed by atoms with van der Waals surface area (Å²) in [7, 11) is 3.26. The number of carboxylic acids is 1. The van der Waals surface area contributed by atoms with E-state index >= 15 is 0 Å². The van der Waals surface area contributed by atoms with Gasteiger partial charge in [0.2, 0.25) is 0 Å². The molecular formula is C20H24O4. The minimum Gasteiger partial charge on any atom is -0.496 e. The number of methoxy groups -OCH3 is 2. The molecule has 0 radical (unpaired) electrons. The molecule has 0 aliphatic rings. The molecule has 0 amide bonds. The third kappa shape index (κ3) is 3.37. The van der Waals surface area contributed by atoms with Crippen LogP contribution in [0.4, 0.5) is 0 Å². The van der Waals surface area contributed by atoms with E-state index in [1.165, 1.54) is 0 Å².